The molecule has 20 heavy (non-hydrogen) atoms. The number of rotatable bonds is 5. The van der Waals surface area contributed by atoms with Gasteiger partial charge in [0.25, 0.3) is 0 Å². The second kappa shape index (κ2) is 6.72. The van der Waals surface area contributed by atoms with Crippen molar-refractivity contribution in [2.24, 2.45) is 0 Å². The van der Waals surface area contributed by atoms with Crippen LogP contribution in [0.3, 0.4) is 0 Å². The molecule has 0 amide bonds. The van der Waals surface area contributed by atoms with E-state index in [-0.39, 0.29) is 12.7 Å². The molecule has 0 bridgehead atoms. The number of nitrogens with zero attached hydrogens (tertiary/aromatic N) is 1. The van der Waals surface area contributed by atoms with Crippen molar-refractivity contribution in [1.29, 1.82) is 0 Å². The topological polar surface area (TPSA) is 70.0 Å². The van der Waals surface area contributed by atoms with Gasteiger partial charge in [0.15, 0.2) is 0 Å². The number of anilines is 1. The van der Waals surface area contributed by atoms with Gasteiger partial charge < -0.3 is 19.8 Å². The largest absolute Gasteiger partial charge is 0.478 e. The predicted octanol–water partition coefficient (Wildman–Crippen LogP) is 1.67. The van der Waals surface area contributed by atoms with E-state index in [1.54, 1.807) is 12.1 Å². The molecular formula is C15H21NO4. The summed E-state index contributed by atoms with van der Waals surface area (Å²) in [5.74, 6) is -0.893. The Labute approximate surface area is 118 Å². The minimum absolute atomic E-state index is 0.0654. The lowest BCUT2D eigenvalue weighted by atomic mass is 10.0. The average Bonchev–Trinajstić information content (AvgIpc) is 2.45. The minimum atomic E-state index is -0.893. The van der Waals surface area contributed by atoms with E-state index in [9.17, 15) is 4.79 Å². The maximum absolute atomic E-state index is 10.9. The van der Waals surface area contributed by atoms with Gasteiger partial charge in [0.05, 0.1) is 24.9 Å². The molecule has 1 aliphatic rings. The van der Waals surface area contributed by atoms with Crippen molar-refractivity contribution < 1.29 is 19.7 Å². The first-order valence-corrected chi connectivity index (χ1v) is 6.93. The van der Waals surface area contributed by atoms with Crippen LogP contribution in [0.15, 0.2) is 18.2 Å². The fourth-order valence-corrected chi connectivity index (χ4v) is 2.63. The third-order valence-corrected chi connectivity index (χ3v) is 3.67. The van der Waals surface area contributed by atoms with Crippen LogP contribution < -0.4 is 4.90 Å². The third-order valence-electron chi connectivity index (χ3n) is 3.67. The molecule has 0 spiro atoms. The number of hydrogen-bond donors (Lipinski definition) is 2. The molecule has 1 heterocycles. The van der Waals surface area contributed by atoms with Crippen LogP contribution in [-0.2, 0) is 4.74 Å². The number of aliphatic hydroxyl groups is 1. The number of carboxylic acids is 1. The molecule has 1 aromatic rings. The van der Waals surface area contributed by atoms with Crippen LogP contribution in [0.1, 0.15) is 28.8 Å². The number of carboxylic acid groups (broad SMARTS) is 1. The molecule has 0 unspecified atom stereocenters. The molecule has 0 aromatic heterocycles. The number of benzene rings is 1. The first-order valence-electron chi connectivity index (χ1n) is 6.93. The van der Waals surface area contributed by atoms with Crippen LogP contribution in [0.2, 0.25) is 0 Å². The van der Waals surface area contributed by atoms with E-state index in [1.807, 2.05) is 13.0 Å². The van der Waals surface area contributed by atoms with E-state index >= 15 is 0 Å². The first kappa shape index (κ1) is 14.8. The van der Waals surface area contributed by atoms with Crippen molar-refractivity contribution in [1.82, 2.24) is 0 Å². The summed E-state index contributed by atoms with van der Waals surface area (Å²) in [4.78, 5) is 13.2. The molecule has 1 fully saturated rings. The van der Waals surface area contributed by atoms with E-state index < -0.39 is 5.97 Å². The molecule has 0 aliphatic carbocycles. The molecule has 0 saturated carbocycles. The second-order valence-electron chi connectivity index (χ2n) is 5.09. The minimum Gasteiger partial charge on any atom is -0.478 e. The maximum atomic E-state index is 10.9. The third kappa shape index (κ3) is 3.49. The molecule has 1 aliphatic heterocycles. The fourth-order valence-electron chi connectivity index (χ4n) is 2.63. The number of aryl methyl sites for hydroxylation is 1. The lowest BCUT2D eigenvalue weighted by Gasteiger charge is -2.34. The highest BCUT2D eigenvalue weighted by Gasteiger charge is 2.21. The average molecular weight is 279 g/mol. The Morgan fingerprint density at radius 1 is 1.40 bits per heavy atom. The van der Waals surface area contributed by atoms with Crippen molar-refractivity contribution in [3.05, 3.63) is 29.3 Å². The van der Waals surface area contributed by atoms with Crippen molar-refractivity contribution in [3.8, 4) is 0 Å². The van der Waals surface area contributed by atoms with Crippen LogP contribution in [0, 0.1) is 6.92 Å². The standard InChI is InChI=1S/C15H21NO4/c1-11-10-12(15(18)19)2-3-14(11)16-6-4-13(5-7-16)20-9-8-17/h2-3,10,13,17H,4-9H2,1H3,(H,18,19). The maximum Gasteiger partial charge on any atom is 0.335 e. The van der Waals surface area contributed by atoms with Crippen molar-refractivity contribution in [2.45, 2.75) is 25.9 Å². The highest BCUT2D eigenvalue weighted by atomic mass is 16.5. The Hall–Kier alpha value is -1.59. The number of hydrogen-bond acceptors (Lipinski definition) is 4. The summed E-state index contributed by atoms with van der Waals surface area (Å²) in [6.45, 7) is 4.19. The Bertz CT molecular complexity index is 467. The van der Waals surface area contributed by atoms with E-state index in [0.29, 0.717) is 12.2 Å². The fraction of sp³-hybridized carbons (Fsp3) is 0.533. The Morgan fingerprint density at radius 2 is 2.10 bits per heavy atom. The monoisotopic (exact) mass is 279 g/mol. The highest BCUT2D eigenvalue weighted by Crippen LogP contribution is 2.25. The lowest BCUT2D eigenvalue weighted by Crippen LogP contribution is -2.37. The number of aromatic carboxylic acids is 1. The Kier molecular flexibility index (Phi) is 4.98. The van der Waals surface area contributed by atoms with E-state index in [4.69, 9.17) is 14.9 Å². The number of carbonyl (C=O) groups is 1. The van der Waals surface area contributed by atoms with Crippen molar-refractivity contribution in [3.63, 3.8) is 0 Å². The number of ether oxygens (including phenoxy) is 1. The summed E-state index contributed by atoms with van der Waals surface area (Å²) in [6, 6.07) is 5.25. The zero-order chi connectivity index (χ0) is 14.5. The molecule has 1 aromatic carbocycles. The molecule has 0 atom stereocenters. The normalized spacial score (nSPS) is 16.4. The molecule has 5 nitrogen and oxygen atoms in total. The van der Waals surface area contributed by atoms with Crippen molar-refractivity contribution >= 4 is 11.7 Å². The summed E-state index contributed by atoms with van der Waals surface area (Å²) in [7, 11) is 0. The summed E-state index contributed by atoms with van der Waals surface area (Å²) < 4.78 is 5.54. The molecule has 5 heteroatoms. The number of piperidine rings is 1. The van der Waals surface area contributed by atoms with Gasteiger partial charge in [-0.15, -0.1) is 0 Å². The Balaban J connectivity index is 1.98. The van der Waals surface area contributed by atoms with Gasteiger partial charge in [0, 0.05) is 18.8 Å². The number of aliphatic hydroxyl groups excluding tert-OH is 1. The van der Waals surface area contributed by atoms with E-state index in [0.717, 1.165) is 37.2 Å². The van der Waals surface area contributed by atoms with Gasteiger partial charge in [0.2, 0.25) is 0 Å². The van der Waals surface area contributed by atoms with Gasteiger partial charge in [-0.2, -0.15) is 0 Å². The highest BCUT2D eigenvalue weighted by molar-refractivity contribution is 5.88. The van der Waals surface area contributed by atoms with Gasteiger partial charge in [-0.25, -0.2) is 4.79 Å². The quantitative estimate of drug-likeness (QED) is 0.858. The van der Waals surface area contributed by atoms with Gasteiger partial charge in [0.1, 0.15) is 0 Å². The van der Waals surface area contributed by atoms with Gasteiger partial charge in [-0.1, -0.05) is 0 Å². The smallest absolute Gasteiger partial charge is 0.335 e. The van der Waals surface area contributed by atoms with Crippen LogP contribution >= 0.6 is 0 Å². The molecule has 2 rings (SSSR count). The molecule has 0 radical (unpaired) electrons. The van der Waals surface area contributed by atoms with Gasteiger partial charge in [-0.05, 0) is 43.5 Å². The Morgan fingerprint density at radius 3 is 2.65 bits per heavy atom. The zero-order valence-electron chi connectivity index (χ0n) is 11.7. The lowest BCUT2D eigenvalue weighted by molar-refractivity contribution is 0.0159. The van der Waals surface area contributed by atoms with Crippen LogP contribution in [0.4, 0.5) is 5.69 Å². The van der Waals surface area contributed by atoms with Gasteiger partial charge in [-0.3, -0.25) is 0 Å². The summed E-state index contributed by atoms with van der Waals surface area (Å²) in [5, 5.41) is 17.7. The van der Waals surface area contributed by atoms with E-state index in [1.165, 1.54) is 0 Å². The van der Waals surface area contributed by atoms with E-state index in [2.05, 4.69) is 4.90 Å². The SMILES string of the molecule is Cc1cc(C(=O)O)ccc1N1CCC(OCCO)CC1. The summed E-state index contributed by atoms with van der Waals surface area (Å²) in [6.07, 6.45) is 2.08. The van der Waals surface area contributed by atoms with Gasteiger partial charge >= 0.3 is 5.97 Å². The molecule has 2 N–H and O–H groups in total. The molecule has 1 saturated heterocycles. The van der Waals surface area contributed by atoms with Crippen molar-refractivity contribution in [2.75, 3.05) is 31.2 Å². The summed E-state index contributed by atoms with van der Waals surface area (Å²) in [5.41, 5.74) is 2.41. The zero-order valence-corrected chi connectivity index (χ0v) is 11.7. The van der Waals surface area contributed by atoms with Crippen LogP contribution in [0.5, 0.6) is 0 Å². The second-order valence-corrected chi connectivity index (χ2v) is 5.09. The molecular weight excluding hydrogens is 258 g/mol. The summed E-state index contributed by atoms with van der Waals surface area (Å²) >= 11 is 0. The van der Waals surface area contributed by atoms with Crippen LogP contribution in [0.25, 0.3) is 0 Å². The van der Waals surface area contributed by atoms with Crippen LogP contribution in [-0.4, -0.2) is 48.6 Å². The molecule has 110 valence electrons. The first-order chi connectivity index (χ1) is 9.61. The predicted molar refractivity (Wildman–Crippen MR) is 76.4 cm³/mol.